The van der Waals surface area contributed by atoms with Gasteiger partial charge in [-0.25, -0.2) is 4.39 Å². The first-order valence-corrected chi connectivity index (χ1v) is 7.59. The van der Waals surface area contributed by atoms with E-state index in [4.69, 9.17) is 4.74 Å². The summed E-state index contributed by atoms with van der Waals surface area (Å²) in [5.41, 5.74) is 1.01. The van der Waals surface area contributed by atoms with Gasteiger partial charge in [0.1, 0.15) is 11.6 Å². The molecule has 116 valence electrons. The monoisotopic (exact) mass is 365 g/mol. The zero-order chi connectivity index (χ0) is 16.3. The number of amides is 1. The number of ether oxygens (including phenoxy) is 1. The molecule has 0 spiro atoms. The fourth-order valence-electron chi connectivity index (χ4n) is 2.13. The van der Waals surface area contributed by atoms with Gasteiger partial charge in [0, 0.05) is 11.5 Å². The van der Waals surface area contributed by atoms with E-state index in [1.165, 1.54) is 17.0 Å². The largest absolute Gasteiger partial charge is 0.497 e. The Labute approximate surface area is 137 Å². The molecule has 0 saturated heterocycles. The molecule has 2 rings (SSSR count). The molecule has 0 aliphatic heterocycles. The second-order valence-corrected chi connectivity index (χ2v) is 5.91. The van der Waals surface area contributed by atoms with E-state index in [9.17, 15) is 9.18 Å². The van der Waals surface area contributed by atoms with Crippen LogP contribution in [-0.4, -0.2) is 25.0 Å². The summed E-state index contributed by atoms with van der Waals surface area (Å²) in [4.78, 5) is 14.0. The predicted octanol–water partition coefficient (Wildman–Crippen LogP) is 4.43. The summed E-state index contributed by atoms with van der Waals surface area (Å²) in [6, 6.07) is 11.7. The summed E-state index contributed by atoms with van der Waals surface area (Å²) < 4.78 is 19.7. The van der Waals surface area contributed by atoms with Gasteiger partial charge in [-0.15, -0.1) is 0 Å². The first kappa shape index (κ1) is 16.5. The minimum Gasteiger partial charge on any atom is -0.497 e. The summed E-state index contributed by atoms with van der Waals surface area (Å²) in [6.07, 6.45) is 0. The lowest BCUT2D eigenvalue weighted by atomic mass is 10.1. The third-order valence-electron chi connectivity index (χ3n) is 3.66. The van der Waals surface area contributed by atoms with E-state index in [2.05, 4.69) is 15.9 Å². The van der Waals surface area contributed by atoms with Crippen LogP contribution in [0.2, 0.25) is 0 Å². The smallest absolute Gasteiger partial charge is 0.257 e. The molecule has 0 aliphatic rings. The van der Waals surface area contributed by atoms with Crippen molar-refractivity contribution < 1.29 is 13.9 Å². The molecule has 0 aromatic heterocycles. The van der Waals surface area contributed by atoms with Crippen LogP contribution in [0.3, 0.4) is 0 Å². The van der Waals surface area contributed by atoms with Crippen molar-refractivity contribution in [2.75, 3.05) is 14.2 Å². The summed E-state index contributed by atoms with van der Waals surface area (Å²) in [5, 5.41) is 0. The van der Waals surface area contributed by atoms with Crippen LogP contribution in [-0.2, 0) is 0 Å². The highest BCUT2D eigenvalue weighted by atomic mass is 79.9. The molecule has 0 radical (unpaired) electrons. The zero-order valence-corrected chi connectivity index (χ0v) is 14.2. The molecule has 0 saturated carbocycles. The van der Waals surface area contributed by atoms with E-state index in [0.717, 1.165) is 11.3 Å². The Hall–Kier alpha value is -1.88. The molecule has 2 aromatic rings. The molecular formula is C17H17BrFNO2. The Morgan fingerprint density at radius 1 is 1.23 bits per heavy atom. The molecule has 2 aromatic carbocycles. The topological polar surface area (TPSA) is 29.5 Å². The Morgan fingerprint density at radius 2 is 1.86 bits per heavy atom. The SMILES string of the molecule is COc1ccc([C@@H](C)N(C)C(=O)c2ccc(Br)cc2F)cc1. The molecule has 5 heteroatoms. The number of hydrogen-bond donors (Lipinski definition) is 0. The van der Waals surface area contributed by atoms with Crippen LogP contribution >= 0.6 is 15.9 Å². The second kappa shape index (κ2) is 6.92. The minimum atomic E-state index is -0.534. The fourth-order valence-corrected chi connectivity index (χ4v) is 2.47. The van der Waals surface area contributed by atoms with Crippen molar-refractivity contribution in [1.82, 2.24) is 4.90 Å². The van der Waals surface area contributed by atoms with E-state index in [1.807, 2.05) is 31.2 Å². The van der Waals surface area contributed by atoms with Gasteiger partial charge in [0.15, 0.2) is 0 Å². The number of nitrogens with zero attached hydrogens (tertiary/aromatic N) is 1. The highest BCUT2D eigenvalue weighted by Crippen LogP contribution is 2.24. The number of rotatable bonds is 4. The maximum absolute atomic E-state index is 13.9. The Balaban J connectivity index is 2.21. The fraction of sp³-hybridized carbons (Fsp3) is 0.235. The molecule has 1 atom stereocenters. The highest BCUT2D eigenvalue weighted by molar-refractivity contribution is 9.10. The average molecular weight is 366 g/mol. The summed E-state index contributed by atoms with van der Waals surface area (Å²) in [5.74, 6) is -0.134. The van der Waals surface area contributed by atoms with E-state index in [1.54, 1.807) is 20.2 Å². The van der Waals surface area contributed by atoms with Gasteiger partial charge in [0.2, 0.25) is 0 Å². The van der Waals surface area contributed by atoms with Crippen molar-refractivity contribution >= 4 is 21.8 Å². The van der Waals surface area contributed by atoms with Gasteiger partial charge in [0.25, 0.3) is 5.91 Å². The summed E-state index contributed by atoms with van der Waals surface area (Å²) >= 11 is 3.18. The molecule has 0 fully saturated rings. The average Bonchev–Trinajstić information content (AvgIpc) is 2.53. The van der Waals surface area contributed by atoms with Crippen LogP contribution in [0.1, 0.15) is 28.9 Å². The first-order chi connectivity index (χ1) is 10.4. The van der Waals surface area contributed by atoms with Gasteiger partial charge in [-0.05, 0) is 42.8 Å². The highest BCUT2D eigenvalue weighted by Gasteiger charge is 2.21. The molecule has 22 heavy (non-hydrogen) atoms. The van der Waals surface area contributed by atoms with Crippen LogP contribution in [0.5, 0.6) is 5.75 Å². The van der Waals surface area contributed by atoms with E-state index in [-0.39, 0.29) is 17.5 Å². The summed E-state index contributed by atoms with van der Waals surface area (Å²) in [7, 11) is 3.27. The van der Waals surface area contributed by atoms with E-state index < -0.39 is 5.82 Å². The van der Waals surface area contributed by atoms with Crippen LogP contribution in [0, 0.1) is 5.82 Å². The van der Waals surface area contributed by atoms with Crippen molar-refractivity contribution in [2.24, 2.45) is 0 Å². The third kappa shape index (κ3) is 3.47. The van der Waals surface area contributed by atoms with Crippen LogP contribution < -0.4 is 4.74 Å². The molecule has 0 heterocycles. The van der Waals surface area contributed by atoms with Crippen molar-refractivity contribution in [1.29, 1.82) is 0 Å². The number of carbonyl (C=O) groups is 1. The second-order valence-electron chi connectivity index (χ2n) is 4.99. The maximum Gasteiger partial charge on any atom is 0.257 e. The molecule has 0 bridgehead atoms. The van der Waals surface area contributed by atoms with Crippen molar-refractivity contribution in [3.8, 4) is 5.75 Å². The summed E-state index contributed by atoms with van der Waals surface area (Å²) in [6.45, 7) is 1.90. The zero-order valence-electron chi connectivity index (χ0n) is 12.6. The van der Waals surface area contributed by atoms with E-state index >= 15 is 0 Å². The van der Waals surface area contributed by atoms with Gasteiger partial charge in [-0.1, -0.05) is 28.1 Å². The van der Waals surface area contributed by atoms with Gasteiger partial charge in [-0.3, -0.25) is 4.79 Å². The van der Waals surface area contributed by atoms with E-state index in [0.29, 0.717) is 4.47 Å². The lowest BCUT2D eigenvalue weighted by Gasteiger charge is -2.25. The molecule has 3 nitrogen and oxygen atoms in total. The Morgan fingerprint density at radius 3 is 2.41 bits per heavy atom. The number of methoxy groups -OCH3 is 1. The van der Waals surface area contributed by atoms with Crippen molar-refractivity contribution in [3.05, 3.63) is 63.9 Å². The van der Waals surface area contributed by atoms with Crippen molar-refractivity contribution in [3.63, 3.8) is 0 Å². The number of halogens is 2. The van der Waals surface area contributed by atoms with Gasteiger partial charge >= 0.3 is 0 Å². The van der Waals surface area contributed by atoms with Crippen LogP contribution in [0.4, 0.5) is 4.39 Å². The minimum absolute atomic E-state index is 0.0612. The van der Waals surface area contributed by atoms with Crippen LogP contribution in [0.15, 0.2) is 46.9 Å². The Bertz CT molecular complexity index is 673. The molecule has 1 amide bonds. The van der Waals surface area contributed by atoms with Crippen LogP contribution in [0.25, 0.3) is 0 Å². The van der Waals surface area contributed by atoms with Crippen molar-refractivity contribution in [2.45, 2.75) is 13.0 Å². The number of carbonyl (C=O) groups excluding carboxylic acids is 1. The molecule has 0 N–H and O–H groups in total. The standard InChI is InChI=1S/C17H17BrFNO2/c1-11(12-4-7-14(22-3)8-5-12)20(2)17(21)15-9-6-13(18)10-16(15)19/h4-11H,1-3H3/t11-/m1/s1. The third-order valence-corrected chi connectivity index (χ3v) is 4.15. The van der Waals surface area contributed by atoms with Gasteiger partial charge in [-0.2, -0.15) is 0 Å². The molecular weight excluding hydrogens is 349 g/mol. The number of benzene rings is 2. The predicted molar refractivity (Wildman–Crippen MR) is 87.6 cm³/mol. The number of hydrogen-bond acceptors (Lipinski definition) is 2. The van der Waals surface area contributed by atoms with Gasteiger partial charge < -0.3 is 9.64 Å². The lowest BCUT2D eigenvalue weighted by Crippen LogP contribution is -2.30. The normalized spacial score (nSPS) is 11.9. The lowest BCUT2D eigenvalue weighted by molar-refractivity contribution is 0.0738. The Kier molecular flexibility index (Phi) is 5.19. The molecule has 0 unspecified atom stereocenters. The quantitative estimate of drug-likeness (QED) is 0.801. The maximum atomic E-state index is 13.9. The first-order valence-electron chi connectivity index (χ1n) is 6.80. The van der Waals surface area contributed by atoms with Gasteiger partial charge in [0.05, 0.1) is 18.7 Å². The molecule has 0 aliphatic carbocycles.